The van der Waals surface area contributed by atoms with E-state index in [4.69, 9.17) is 23.2 Å². The number of benzene rings is 2. The van der Waals surface area contributed by atoms with Crippen molar-refractivity contribution in [1.29, 1.82) is 0 Å². The number of hydrogen-bond acceptors (Lipinski definition) is 4. The van der Waals surface area contributed by atoms with Crippen molar-refractivity contribution >= 4 is 66.7 Å². The lowest BCUT2D eigenvalue weighted by molar-refractivity contribution is -0.124. The molecule has 1 atom stereocenters. The lowest BCUT2D eigenvalue weighted by atomic mass is 9.92. The minimum atomic E-state index is -3.90. The Balaban J connectivity index is 1.92. The van der Waals surface area contributed by atoms with Crippen LogP contribution in [-0.2, 0) is 26.8 Å². The van der Waals surface area contributed by atoms with Gasteiger partial charge >= 0.3 is 0 Å². The molecule has 0 saturated heterocycles. The second-order valence-corrected chi connectivity index (χ2v) is 11.1. The van der Waals surface area contributed by atoms with E-state index >= 15 is 0 Å². The fourth-order valence-corrected chi connectivity index (χ4v) is 5.91. The molecule has 3 aromatic rings. The Bertz CT molecular complexity index is 1290. The van der Waals surface area contributed by atoms with Crippen molar-refractivity contribution in [2.24, 2.45) is 0 Å². The largest absolute Gasteiger partial charge is 0.284 e. The number of anilines is 2. The lowest BCUT2D eigenvalue weighted by Gasteiger charge is -2.26. The van der Waals surface area contributed by atoms with Crippen LogP contribution in [0.3, 0.4) is 0 Å². The van der Waals surface area contributed by atoms with Crippen molar-refractivity contribution in [3.05, 3.63) is 68.7 Å². The molecular weight excluding hydrogens is 539 g/mol. The summed E-state index contributed by atoms with van der Waals surface area (Å²) in [5.41, 5.74) is 0.0134. The maximum atomic E-state index is 13.8. The summed E-state index contributed by atoms with van der Waals surface area (Å²) >= 11 is 15.8. The molecule has 1 amide bonds. The van der Waals surface area contributed by atoms with Gasteiger partial charge in [0.2, 0.25) is 5.95 Å². The summed E-state index contributed by atoms with van der Waals surface area (Å²) in [7, 11) is -3.90. The summed E-state index contributed by atoms with van der Waals surface area (Å²) in [6, 6.07) is 12.3. The Morgan fingerprint density at radius 3 is 2.34 bits per heavy atom. The molecule has 1 N–H and O–H groups in total. The molecule has 1 aliphatic rings. The average molecular weight is 558 g/mol. The third-order valence-corrected chi connectivity index (χ3v) is 7.72. The van der Waals surface area contributed by atoms with Crippen LogP contribution in [0.5, 0.6) is 0 Å². The number of nitrogens with one attached hydrogen (secondary N) is 1. The quantitative estimate of drug-likeness (QED) is 0.468. The third-order valence-electron chi connectivity index (χ3n) is 5.25. The zero-order valence-electron chi connectivity index (χ0n) is 17.1. The number of hydrogen-bond donors (Lipinski definition) is 1. The second-order valence-electron chi connectivity index (χ2n) is 7.58. The number of halogens is 3. The molecule has 0 radical (unpaired) electrons. The first-order valence-electron chi connectivity index (χ1n) is 9.70. The first-order chi connectivity index (χ1) is 15.1. The van der Waals surface area contributed by atoms with E-state index in [0.717, 1.165) is 10.0 Å². The summed E-state index contributed by atoms with van der Waals surface area (Å²) in [4.78, 5) is 19.5. The van der Waals surface area contributed by atoms with Gasteiger partial charge in [-0.3, -0.25) is 9.36 Å². The van der Waals surface area contributed by atoms with E-state index in [9.17, 15) is 13.2 Å². The minimum Gasteiger partial charge on any atom is -0.284 e. The van der Waals surface area contributed by atoms with Crippen LogP contribution in [0, 0.1) is 0 Å². The molecule has 0 saturated carbocycles. The predicted molar refractivity (Wildman–Crippen MR) is 128 cm³/mol. The highest BCUT2D eigenvalue weighted by molar-refractivity contribution is 9.10. The van der Waals surface area contributed by atoms with E-state index in [-0.39, 0.29) is 29.8 Å². The van der Waals surface area contributed by atoms with Gasteiger partial charge in [-0.15, -0.1) is 0 Å². The van der Waals surface area contributed by atoms with E-state index in [1.165, 1.54) is 15.7 Å². The highest BCUT2D eigenvalue weighted by Crippen LogP contribution is 2.44. The summed E-state index contributed by atoms with van der Waals surface area (Å²) in [6.45, 7) is 3.60. The zero-order chi connectivity index (χ0) is 23.3. The molecule has 4 rings (SSSR count). The third kappa shape index (κ3) is 3.97. The first kappa shape index (κ1) is 23.3. The Hall–Kier alpha value is -1.91. The number of carbonyl (C=O) groups excluding carboxylic acids is 1. The molecule has 0 spiro atoms. The molecule has 2 heterocycles. The molecule has 11 heteroatoms. The van der Waals surface area contributed by atoms with Crippen LogP contribution in [0.2, 0.25) is 10.0 Å². The average Bonchev–Trinajstić information content (AvgIpc) is 3.22. The van der Waals surface area contributed by atoms with Crippen LogP contribution < -0.4 is 9.62 Å². The molecule has 0 fully saturated rings. The molecule has 0 unspecified atom stereocenters. The second kappa shape index (κ2) is 8.46. The fourth-order valence-electron chi connectivity index (χ4n) is 3.88. The molecule has 1 aliphatic heterocycles. The molecule has 168 valence electrons. The molecule has 1 aromatic heterocycles. The van der Waals surface area contributed by atoms with E-state index in [0.29, 0.717) is 15.7 Å². The van der Waals surface area contributed by atoms with Crippen LogP contribution in [0.15, 0.2) is 58.2 Å². The van der Waals surface area contributed by atoms with Crippen molar-refractivity contribution in [2.75, 3.05) is 11.4 Å². The van der Waals surface area contributed by atoms with Gasteiger partial charge in [-0.1, -0.05) is 58.2 Å². The summed E-state index contributed by atoms with van der Waals surface area (Å²) < 4.78 is 30.8. The monoisotopic (exact) mass is 556 g/mol. The number of amides is 1. The zero-order valence-corrected chi connectivity index (χ0v) is 21.1. The minimum absolute atomic E-state index is 0.0852. The molecule has 7 nitrogen and oxygen atoms in total. The van der Waals surface area contributed by atoms with Gasteiger partial charge in [-0.25, -0.2) is 23.0 Å². The smallest absolute Gasteiger partial charge is 0.260 e. The number of carbonyl (C=O) groups is 1. The van der Waals surface area contributed by atoms with Gasteiger partial charge in [0.25, 0.3) is 15.9 Å². The molecule has 2 aromatic carbocycles. The van der Waals surface area contributed by atoms with E-state index in [1.807, 2.05) is 24.3 Å². The Labute approximate surface area is 204 Å². The van der Waals surface area contributed by atoms with Crippen LogP contribution >= 0.6 is 39.1 Å². The lowest BCUT2D eigenvalue weighted by Crippen LogP contribution is -2.42. The summed E-state index contributed by atoms with van der Waals surface area (Å²) in [5.74, 6) is -0.153. The van der Waals surface area contributed by atoms with Crippen molar-refractivity contribution in [3.63, 3.8) is 0 Å². The van der Waals surface area contributed by atoms with Gasteiger partial charge in [0, 0.05) is 27.5 Å². The predicted octanol–water partition coefficient (Wildman–Crippen LogP) is 4.89. The fraction of sp³-hybridized carbons (Fsp3) is 0.238. The highest BCUT2D eigenvalue weighted by Gasteiger charge is 2.51. The van der Waals surface area contributed by atoms with Crippen LogP contribution in [0.25, 0.3) is 0 Å². The Morgan fingerprint density at radius 2 is 1.75 bits per heavy atom. The van der Waals surface area contributed by atoms with E-state index in [2.05, 4.69) is 25.6 Å². The number of rotatable bonds is 6. The highest BCUT2D eigenvalue weighted by atomic mass is 79.9. The number of nitrogens with zero attached hydrogens (tertiary/aromatic N) is 3. The summed E-state index contributed by atoms with van der Waals surface area (Å²) in [6.07, 6.45) is 1.51. The molecule has 0 bridgehead atoms. The van der Waals surface area contributed by atoms with E-state index < -0.39 is 15.6 Å². The van der Waals surface area contributed by atoms with Gasteiger partial charge in [0.1, 0.15) is 5.54 Å². The first-order valence-corrected chi connectivity index (χ1v) is 12.7. The molecular formula is C21H19BrCl2N4O3S. The number of fused-ring (bicyclic) bond motifs is 1. The van der Waals surface area contributed by atoms with Crippen LogP contribution in [0.4, 0.5) is 11.6 Å². The van der Waals surface area contributed by atoms with Crippen LogP contribution in [-0.4, -0.2) is 30.4 Å². The number of imidazole rings is 1. The number of sulfonamides is 1. The molecule has 32 heavy (non-hydrogen) atoms. The van der Waals surface area contributed by atoms with Gasteiger partial charge in [-0.2, -0.15) is 0 Å². The SMILES string of the molecule is CCNS(=O)(=O)c1cnc2n1[C@](C)(Cc1ccc(Br)cc1)C(=O)N2c1cc(Cl)cc(Cl)c1. The van der Waals surface area contributed by atoms with Crippen molar-refractivity contribution in [1.82, 2.24) is 14.3 Å². The Kier molecular flexibility index (Phi) is 6.15. The maximum absolute atomic E-state index is 13.8. The van der Waals surface area contributed by atoms with E-state index in [1.54, 1.807) is 32.0 Å². The van der Waals surface area contributed by atoms with Crippen molar-refractivity contribution < 1.29 is 13.2 Å². The van der Waals surface area contributed by atoms with Crippen molar-refractivity contribution in [2.45, 2.75) is 30.8 Å². The molecule has 0 aliphatic carbocycles. The van der Waals surface area contributed by atoms with Gasteiger partial charge in [-0.05, 0) is 42.8 Å². The normalized spacial score (nSPS) is 18.3. The standard InChI is InChI=1S/C21H19BrCl2N4O3S/c1-3-26-32(30,31)18-12-25-20-27(17-9-15(23)8-16(24)10-17)19(29)21(2,28(18)20)11-13-4-6-14(22)7-5-13/h4-10,12,26H,3,11H2,1-2H3/t21-/m1/s1. The van der Waals surface area contributed by atoms with Crippen LogP contribution in [0.1, 0.15) is 19.4 Å². The topological polar surface area (TPSA) is 84.3 Å². The van der Waals surface area contributed by atoms with Gasteiger partial charge in [0.15, 0.2) is 5.03 Å². The number of aromatic nitrogens is 2. The van der Waals surface area contributed by atoms with Gasteiger partial charge < -0.3 is 0 Å². The van der Waals surface area contributed by atoms with Gasteiger partial charge in [0.05, 0.1) is 11.9 Å². The van der Waals surface area contributed by atoms with Crippen molar-refractivity contribution in [3.8, 4) is 0 Å². The Morgan fingerprint density at radius 1 is 1.12 bits per heavy atom. The summed E-state index contributed by atoms with van der Waals surface area (Å²) in [5, 5.41) is 0.610. The maximum Gasteiger partial charge on any atom is 0.260 e.